The smallest absolute Gasteiger partial charge is 0.295 e. The molecule has 0 saturated heterocycles. The molecule has 0 unspecified atom stereocenters. The van der Waals surface area contributed by atoms with Gasteiger partial charge in [-0.3, -0.25) is 10.1 Å². The summed E-state index contributed by atoms with van der Waals surface area (Å²) in [6.45, 7) is 2.26. The van der Waals surface area contributed by atoms with Crippen molar-refractivity contribution in [2.75, 3.05) is 5.32 Å². The Bertz CT molecular complexity index is 662. The zero-order valence-electron chi connectivity index (χ0n) is 10.7. The summed E-state index contributed by atoms with van der Waals surface area (Å²) in [5.74, 6) is -0.638. The van der Waals surface area contributed by atoms with E-state index in [1.165, 1.54) is 12.1 Å². The van der Waals surface area contributed by atoms with Gasteiger partial charge >= 0.3 is 0 Å². The van der Waals surface area contributed by atoms with Crippen LogP contribution >= 0.6 is 11.6 Å². The lowest BCUT2D eigenvalue weighted by molar-refractivity contribution is -0.384. The summed E-state index contributed by atoms with van der Waals surface area (Å²) in [6, 6.07) is 8.96. The zero-order chi connectivity index (χ0) is 14.7. The van der Waals surface area contributed by atoms with Gasteiger partial charge in [0, 0.05) is 11.6 Å². The van der Waals surface area contributed by atoms with Crippen LogP contribution in [-0.2, 0) is 6.54 Å². The first-order valence-electron chi connectivity index (χ1n) is 5.90. The van der Waals surface area contributed by atoms with Crippen molar-refractivity contribution in [2.24, 2.45) is 0 Å². The van der Waals surface area contributed by atoms with Gasteiger partial charge in [-0.15, -0.1) is 0 Å². The molecule has 2 aromatic carbocycles. The van der Waals surface area contributed by atoms with Crippen LogP contribution in [-0.4, -0.2) is 4.92 Å². The van der Waals surface area contributed by atoms with Gasteiger partial charge in [-0.25, -0.2) is 4.39 Å². The zero-order valence-corrected chi connectivity index (χ0v) is 11.4. The standard InChI is InChI=1S/C14H12ClFN2O2/c1-9-2-3-10(6-12(9)15)8-17-13-5-4-11(16)7-14(13)18(19)20/h2-7,17H,8H2,1H3. The number of hydrogen-bond acceptors (Lipinski definition) is 3. The molecule has 0 spiro atoms. The Morgan fingerprint density at radius 2 is 2.05 bits per heavy atom. The first kappa shape index (κ1) is 14.3. The summed E-state index contributed by atoms with van der Waals surface area (Å²) in [6.07, 6.45) is 0. The Kier molecular flexibility index (Phi) is 4.20. The van der Waals surface area contributed by atoms with E-state index in [1.54, 1.807) is 6.07 Å². The lowest BCUT2D eigenvalue weighted by Gasteiger charge is -2.08. The molecule has 0 aliphatic carbocycles. The van der Waals surface area contributed by atoms with Crippen molar-refractivity contribution < 1.29 is 9.31 Å². The van der Waals surface area contributed by atoms with E-state index in [0.29, 0.717) is 11.6 Å². The summed E-state index contributed by atoms with van der Waals surface area (Å²) in [7, 11) is 0. The van der Waals surface area contributed by atoms with E-state index in [1.807, 2.05) is 19.1 Å². The van der Waals surface area contributed by atoms with Gasteiger partial charge in [-0.05, 0) is 36.2 Å². The highest BCUT2D eigenvalue weighted by Crippen LogP contribution is 2.26. The number of nitro benzene ring substituents is 1. The maximum absolute atomic E-state index is 13.0. The second kappa shape index (κ2) is 5.88. The normalized spacial score (nSPS) is 10.3. The number of nitrogens with one attached hydrogen (secondary N) is 1. The van der Waals surface area contributed by atoms with Gasteiger partial charge < -0.3 is 5.32 Å². The highest BCUT2D eigenvalue weighted by atomic mass is 35.5. The van der Waals surface area contributed by atoms with Crippen LogP contribution in [0.5, 0.6) is 0 Å². The lowest BCUT2D eigenvalue weighted by atomic mass is 10.1. The Balaban J connectivity index is 2.18. The molecule has 0 amide bonds. The minimum atomic E-state index is -0.638. The van der Waals surface area contributed by atoms with Crippen LogP contribution in [0.2, 0.25) is 5.02 Å². The molecule has 104 valence electrons. The van der Waals surface area contributed by atoms with Crippen LogP contribution in [0.4, 0.5) is 15.8 Å². The van der Waals surface area contributed by atoms with Crippen LogP contribution in [0, 0.1) is 22.9 Å². The number of anilines is 1. The van der Waals surface area contributed by atoms with E-state index < -0.39 is 10.7 Å². The molecule has 6 heteroatoms. The van der Waals surface area contributed by atoms with Crippen molar-refractivity contribution >= 4 is 23.0 Å². The van der Waals surface area contributed by atoms with Crippen molar-refractivity contribution in [3.05, 3.63) is 68.5 Å². The third-order valence-corrected chi connectivity index (χ3v) is 3.28. The van der Waals surface area contributed by atoms with E-state index in [-0.39, 0.29) is 11.4 Å². The quantitative estimate of drug-likeness (QED) is 0.675. The lowest BCUT2D eigenvalue weighted by Crippen LogP contribution is -2.03. The first-order chi connectivity index (χ1) is 9.47. The molecule has 2 aromatic rings. The first-order valence-corrected chi connectivity index (χ1v) is 6.28. The monoisotopic (exact) mass is 294 g/mol. The van der Waals surface area contributed by atoms with E-state index in [2.05, 4.69) is 5.32 Å². The molecule has 0 atom stereocenters. The summed E-state index contributed by atoms with van der Waals surface area (Å²) in [5, 5.41) is 14.4. The Morgan fingerprint density at radius 3 is 2.70 bits per heavy atom. The van der Waals surface area contributed by atoms with Crippen molar-refractivity contribution in [1.82, 2.24) is 0 Å². The molecule has 0 fully saturated rings. The summed E-state index contributed by atoms with van der Waals surface area (Å²) in [4.78, 5) is 10.2. The van der Waals surface area contributed by atoms with Gasteiger partial charge in [-0.2, -0.15) is 0 Å². The van der Waals surface area contributed by atoms with Crippen molar-refractivity contribution in [3.8, 4) is 0 Å². The van der Waals surface area contributed by atoms with Crippen LogP contribution < -0.4 is 5.32 Å². The fraction of sp³-hybridized carbons (Fsp3) is 0.143. The van der Waals surface area contributed by atoms with Gasteiger partial charge in [0.15, 0.2) is 0 Å². The molecule has 0 aromatic heterocycles. The third kappa shape index (κ3) is 3.24. The molecular weight excluding hydrogens is 283 g/mol. The molecule has 1 N–H and O–H groups in total. The van der Waals surface area contributed by atoms with Crippen LogP contribution in [0.3, 0.4) is 0 Å². The maximum Gasteiger partial charge on any atom is 0.295 e. The Labute approximate surface area is 120 Å². The van der Waals surface area contributed by atoms with Crippen molar-refractivity contribution in [2.45, 2.75) is 13.5 Å². The number of benzene rings is 2. The molecule has 0 bridgehead atoms. The van der Waals surface area contributed by atoms with E-state index in [0.717, 1.165) is 17.2 Å². The molecule has 4 nitrogen and oxygen atoms in total. The molecule has 2 rings (SSSR count). The van der Waals surface area contributed by atoms with Crippen molar-refractivity contribution in [1.29, 1.82) is 0 Å². The van der Waals surface area contributed by atoms with Gasteiger partial charge in [0.05, 0.1) is 11.0 Å². The van der Waals surface area contributed by atoms with Crippen LogP contribution in [0.25, 0.3) is 0 Å². The molecule has 0 heterocycles. The average molecular weight is 295 g/mol. The van der Waals surface area contributed by atoms with Gasteiger partial charge in [0.1, 0.15) is 11.5 Å². The summed E-state index contributed by atoms with van der Waals surface area (Å²) >= 11 is 6.01. The summed E-state index contributed by atoms with van der Waals surface area (Å²) in [5.41, 5.74) is 1.83. The number of rotatable bonds is 4. The predicted molar refractivity (Wildman–Crippen MR) is 76.6 cm³/mol. The fourth-order valence-electron chi connectivity index (χ4n) is 1.75. The van der Waals surface area contributed by atoms with Gasteiger partial charge in [0.2, 0.25) is 0 Å². The van der Waals surface area contributed by atoms with E-state index >= 15 is 0 Å². The molecular formula is C14H12ClFN2O2. The number of aryl methyl sites for hydroxylation is 1. The molecule has 0 aliphatic heterocycles. The second-order valence-corrected chi connectivity index (χ2v) is 4.76. The summed E-state index contributed by atoms with van der Waals surface area (Å²) < 4.78 is 13.0. The molecule has 0 aliphatic rings. The highest BCUT2D eigenvalue weighted by molar-refractivity contribution is 6.31. The highest BCUT2D eigenvalue weighted by Gasteiger charge is 2.14. The number of hydrogen-bond donors (Lipinski definition) is 1. The minimum Gasteiger partial charge on any atom is -0.375 e. The van der Waals surface area contributed by atoms with Crippen LogP contribution in [0.15, 0.2) is 36.4 Å². The Morgan fingerprint density at radius 1 is 1.30 bits per heavy atom. The average Bonchev–Trinajstić information content (AvgIpc) is 2.41. The van der Waals surface area contributed by atoms with E-state index in [9.17, 15) is 14.5 Å². The van der Waals surface area contributed by atoms with Crippen molar-refractivity contribution in [3.63, 3.8) is 0 Å². The minimum absolute atomic E-state index is 0.271. The third-order valence-electron chi connectivity index (χ3n) is 2.88. The van der Waals surface area contributed by atoms with Crippen LogP contribution in [0.1, 0.15) is 11.1 Å². The molecule has 20 heavy (non-hydrogen) atoms. The topological polar surface area (TPSA) is 55.2 Å². The maximum atomic E-state index is 13.0. The fourth-order valence-corrected chi connectivity index (χ4v) is 1.95. The SMILES string of the molecule is Cc1ccc(CNc2ccc(F)cc2[N+](=O)[O-])cc1Cl. The number of nitrogens with zero attached hydrogens (tertiary/aromatic N) is 1. The predicted octanol–water partition coefficient (Wildman–Crippen LogP) is 4.31. The van der Waals surface area contributed by atoms with Gasteiger partial charge in [-0.1, -0.05) is 23.7 Å². The van der Waals surface area contributed by atoms with E-state index in [4.69, 9.17) is 11.6 Å². The number of nitro groups is 1. The molecule has 0 radical (unpaired) electrons. The number of halogens is 2. The largest absolute Gasteiger partial charge is 0.375 e. The second-order valence-electron chi connectivity index (χ2n) is 4.36. The molecule has 0 saturated carbocycles. The van der Waals surface area contributed by atoms with Gasteiger partial charge in [0.25, 0.3) is 5.69 Å². The Hall–Kier alpha value is -2.14.